The minimum atomic E-state index is 0.523. The standard InChI is InChI=1S/C11H10Cl2IN3/c1-6-10(14)11(15)17(16-6)5-7-4-8(12)2-3-9(7)13/h2-4H,5,15H2,1H3. The lowest BCUT2D eigenvalue weighted by atomic mass is 10.2. The Labute approximate surface area is 123 Å². The topological polar surface area (TPSA) is 43.8 Å². The summed E-state index contributed by atoms with van der Waals surface area (Å²) in [5.41, 5.74) is 7.78. The molecule has 1 aromatic carbocycles. The second-order valence-electron chi connectivity index (χ2n) is 3.68. The van der Waals surface area contributed by atoms with Gasteiger partial charge in [0, 0.05) is 10.0 Å². The number of nitrogens with zero attached hydrogens (tertiary/aromatic N) is 2. The van der Waals surface area contributed by atoms with Gasteiger partial charge in [-0.15, -0.1) is 0 Å². The number of aromatic nitrogens is 2. The summed E-state index contributed by atoms with van der Waals surface area (Å²) < 4.78 is 2.70. The highest BCUT2D eigenvalue weighted by Gasteiger charge is 2.11. The molecule has 0 aliphatic heterocycles. The van der Waals surface area contributed by atoms with Crippen LogP contribution in [0, 0.1) is 10.5 Å². The molecule has 0 saturated carbocycles. The lowest BCUT2D eigenvalue weighted by Gasteiger charge is -2.07. The van der Waals surface area contributed by atoms with Crippen LogP contribution >= 0.6 is 45.8 Å². The number of hydrogen-bond acceptors (Lipinski definition) is 2. The second-order valence-corrected chi connectivity index (χ2v) is 5.60. The quantitative estimate of drug-likeness (QED) is 0.805. The van der Waals surface area contributed by atoms with Gasteiger partial charge in [0.15, 0.2) is 0 Å². The SMILES string of the molecule is Cc1nn(Cc2cc(Cl)ccc2Cl)c(N)c1I. The van der Waals surface area contributed by atoms with Crippen LogP contribution in [-0.4, -0.2) is 9.78 Å². The summed E-state index contributed by atoms with van der Waals surface area (Å²) in [6.07, 6.45) is 0. The van der Waals surface area contributed by atoms with Crippen LogP contribution in [0.4, 0.5) is 5.82 Å². The summed E-state index contributed by atoms with van der Waals surface area (Å²) in [4.78, 5) is 0. The first-order valence-electron chi connectivity index (χ1n) is 4.91. The van der Waals surface area contributed by atoms with E-state index < -0.39 is 0 Å². The van der Waals surface area contributed by atoms with E-state index in [4.69, 9.17) is 28.9 Å². The number of benzene rings is 1. The summed E-state index contributed by atoms with van der Waals surface area (Å²) in [7, 11) is 0. The largest absolute Gasteiger partial charge is 0.383 e. The zero-order valence-corrected chi connectivity index (χ0v) is 12.7. The fourth-order valence-electron chi connectivity index (χ4n) is 1.52. The molecule has 3 nitrogen and oxygen atoms in total. The van der Waals surface area contributed by atoms with Crippen LogP contribution in [-0.2, 0) is 6.54 Å². The Bertz CT molecular complexity index is 566. The van der Waals surface area contributed by atoms with Gasteiger partial charge in [0.2, 0.25) is 0 Å². The molecule has 0 aliphatic rings. The Kier molecular flexibility index (Phi) is 3.85. The highest BCUT2D eigenvalue weighted by Crippen LogP contribution is 2.24. The summed E-state index contributed by atoms with van der Waals surface area (Å²) in [6.45, 7) is 2.45. The molecule has 0 fully saturated rings. The smallest absolute Gasteiger partial charge is 0.135 e. The van der Waals surface area contributed by atoms with Gasteiger partial charge in [-0.2, -0.15) is 5.10 Å². The minimum Gasteiger partial charge on any atom is -0.383 e. The molecule has 2 aromatic rings. The van der Waals surface area contributed by atoms with E-state index in [9.17, 15) is 0 Å². The van der Waals surface area contributed by atoms with Crippen molar-refractivity contribution in [1.82, 2.24) is 9.78 Å². The Morgan fingerprint density at radius 1 is 1.41 bits per heavy atom. The van der Waals surface area contributed by atoms with Crippen molar-refractivity contribution in [3.63, 3.8) is 0 Å². The molecule has 1 aromatic heterocycles. The molecule has 2 rings (SSSR count). The Hall–Kier alpha value is -0.460. The molecule has 6 heteroatoms. The maximum absolute atomic E-state index is 6.10. The molecule has 0 atom stereocenters. The van der Waals surface area contributed by atoms with E-state index in [1.807, 2.05) is 13.0 Å². The molecule has 0 bridgehead atoms. The van der Waals surface area contributed by atoms with Gasteiger partial charge in [0.05, 0.1) is 15.8 Å². The van der Waals surface area contributed by atoms with E-state index in [2.05, 4.69) is 27.7 Å². The van der Waals surface area contributed by atoms with Crippen molar-refractivity contribution in [2.45, 2.75) is 13.5 Å². The number of anilines is 1. The van der Waals surface area contributed by atoms with Crippen molar-refractivity contribution in [2.24, 2.45) is 0 Å². The number of rotatable bonds is 2. The second kappa shape index (κ2) is 5.04. The third-order valence-electron chi connectivity index (χ3n) is 2.42. The van der Waals surface area contributed by atoms with Gasteiger partial charge in [0.25, 0.3) is 0 Å². The van der Waals surface area contributed by atoms with Crippen molar-refractivity contribution in [1.29, 1.82) is 0 Å². The zero-order valence-electron chi connectivity index (χ0n) is 9.04. The van der Waals surface area contributed by atoms with Crippen molar-refractivity contribution >= 4 is 51.6 Å². The fourth-order valence-corrected chi connectivity index (χ4v) is 2.28. The number of halogens is 3. The highest BCUT2D eigenvalue weighted by atomic mass is 127. The molecule has 0 amide bonds. The molecule has 0 spiro atoms. The van der Waals surface area contributed by atoms with Crippen molar-refractivity contribution in [2.75, 3.05) is 5.73 Å². The van der Waals surface area contributed by atoms with Crippen molar-refractivity contribution in [3.8, 4) is 0 Å². The molecular formula is C11H10Cl2IN3. The van der Waals surface area contributed by atoms with Gasteiger partial charge in [-0.25, -0.2) is 4.68 Å². The Morgan fingerprint density at radius 2 is 2.12 bits per heavy atom. The van der Waals surface area contributed by atoms with Crippen molar-refractivity contribution < 1.29 is 0 Å². The van der Waals surface area contributed by atoms with E-state index in [1.165, 1.54) is 0 Å². The lowest BCUT2D eigenvalue weighted by molar-refractivity contribution is 0.689. The predicted molar refractivity (Wildman–Crippen MR) is 79.7 cm³/mol. The summed E-state index contributed by atoms with van der Waals surface area (Å²) in [5.74, 6) is 0.652. The predicted octanol–water partition coefficient (Wildman–Crippen LogP) is 3.73. The van der Waals surface area contributed by atoms with E-state index in [0.29, 0.717) is 22.4 Å². The molecule has 1 heterocycles. The average Bonchev–Trinajstić information content (AvgIpc) is 2.52. The third-order valence-corrected chi connectivity index (χ3v) is 4.36. The normalized spacial score (nSPS) is 10.8. The van der Waals surface area contributed by atoms with Gasteiger partial charge in [-0.05, 0) is 53.3 Å². The van der Waals surface area contributed by atoms with Crippen LogP contribution in [0.1, 0.15) is 11.3 Å². The maximum atomic E-state index is 6.10. The van der Waals surface area contributed by atoms with Gasteiger partial charge >= 0.3 is 0 Å². The monoisotopic (exact) mass is 381 g/mol. The Morgan fingerprint density at radius 3 is 2.71 bits per heavy atom. The zero-order chi connectivity index (χ0) is 12.6. The first-order chi connectivity index (χ1) is 7.99. The molecule has 0 unspecified atom stereocenters. The highest BCUT2D eigenvalue weighted by molar-refractivity contribution is 14.1. The summed E-state index contributed by atoms with van der Waals surface area (Å²) in [5, 5.41) is 5.68. The summed E-state index contributed by atoms with van der Waals surface area (Å²) in [6, 6.07) is 5.36. The minimum absolute atomic E-state index is 0.523. The van der Waals surface area contributed by atoms with Gasteiger partial charge in [-0.1, -0.05) is 23.2 Å². The number of hydrogen-bond donors (Lipinski definition) is 1. The summed E-state index contributed by atoms with van der Waals surface area (Å²) >= 11 is 14.2. The van der Waals surface area contributed by atoms with E-state index >= 15 is 0 Å². The third kappa shape index (κ3) is 2.69. The lowest BCUT2D eigenvalue weighted by Crippen LogP contribution is -2.06. The van der Waals surface area contributed by atoms with Crippen LogP contribution in [0.25, 0.3) is 0 Å². The van der Waals surface area contributed by atoms with Crippen LogP contribution in [0.2, 0.25) is 10.0 Å². The molecule has 2 N–H and O–H groups in total. The van der Waals surface area contributed by atoms with E-state index in [-0.39, 0.29) is 0 Å². The molecule has 0 radical (unpaired) electrons. The average molecular weight is 382 g/mol. The molecule has 90 valence electrons. The number of nitrogen functional groups attached to an aromatic ring is 1. The first kappa shape index (κ1) is 13.0. The van der Waals surface area contributed by atoms with Gasteiger partial charge < -0.3 is 5.73 Å². The number of aryl methyl sites for hydroxylation is 1. The molecule has 17 heavy (non-hydrogen) atoms. The number of nitrogens with two attached hydrogens (primary N) is 1. The first-order valence-corrected chi connectivity index (χ1v) is 6.75. The Balaban J connectivity index is 2.37. The van der Waals surface area contributed by atoms with Gasteiger partial charge in [0.1, 0.15) is 5.82 Å². The molecule has 0 saturated heterocycles. The van der Waals surface area contributed by atoms with Gasteiger partial charge in [-0.3, -0.25) is 0 Å². The van der Waals surface area contributed by atoms with Crippen LogP contribution in [0.3, 0.4) is 0 Å². The maximum Gasteiger partial charge on any atom is 0.135 e. The van der Waals surface area contributed by atoms with E-state index in [1.54, 1.807) is 16.8 Å². The van der Waals surface area contributed by atoms with E-state index in [0.717, 1.165) is 14.8 Å². The molecular weight excluding hydrogens is 372 g/mol. The van der Waals surface area contributed by atoms with Crippen molar-refractivity contribution in [3.05, 3.63) is 43.1 Å². The van der Waals surface area contributed by atoms with Crippen LogP contribution in [0.15, 0.2) is 18.2 Å². The molecule has 0 aliphatic carbocycles. The van der Waals surface area contributed by atoms with Crippen LogP contribution < -0.4 is 5.73 Å². The van der Waals surface area contributed by atoms with Crippen LogP contribution in [0.5, 0.6) is 0 Å². The fraction of sp³-hybridized carbons (Fsp3) is 0.182.